The van der Waals surface area contributed by atoms with Gasteiger partial charge in [0.1, 0.15) is 11.9 Å². The van der Waals surface area contributed by atoms with E-state index >= 15 is 0 Å². The number of rotatable bonds is 5. The van der Waals surface area contributed by atoms with E-state index in [1.807, 2.05) is 30.5 Å². The molecule has 1 amide bonds. The van der Waals surface area contributed by atoms with E-state index in [2.05, 4.69) is 21.3 Å². The first-order chi connectivity index (χ1) is 15.2. The summed E-state index contributed by atoms with van der Waals surface area (Å²) >= 11 is 0. The van der Waals surface area contributed by atoms with Gasteiger partial charge in [0, 0.05) is 25.3 Å². The average Bonchev–Trinajstić information content (AvgIpc) is 3.42. The highest BCUT2D eigenvalue weighted by Crippen LogP contribution is 2.32. The van der Waals surface area contributed by atoms with Gasteiger partial charge in [0.05, 0.1) is 24.6 Å². The molecule has 2 saturated heterocycles. The van der Waals surface area contributed by atoms with Crippen LogP contribution in [0.3, 0.4) is 0 Å². The van der Waals surface area contributed by atoms with Crippen molar-refractivity contribution < 1.29 is 37.0 Å². The van der Waals surface area contributed by atoms with Crippen molar-refractivity contribution in [3.05, 3.63) is 54.2 Å². The van der Waals surface area contributed by atoms with Crippen LogP contribution in [0, 0.1) is 0 Å². The highest BCUT2D eigenvalue weighted by atomic mass is 19.4. The smallest absolute Gasteiger partial charge is 0.475 e. The SMILES string of the molecule is O=C(NCc1ccco1)[C@@H]1CC[C@@H]2[C@@H](CCN2Cc2ccccn2)O1.O=C(O)C(F)(F)F. The first-order valence-electron chi connectivity index (χ1n) is 10.1. The predicted octanol–water partition coefficient (Wildman–Crippen LogP) is 2.75. The number of pyridine rings is 1. The summed E-state index contributed by atoms with van der Waals surface area (Å²) in [5.74, 6) is -2.05. The van der Waals surface area contributed by atoms with Crippen LogP contribution in [0.25, 0.3) is 0 Å². The fourth-order valence-corrected chi connectivity index (χ4v) is 3.80. The van der Waals surface area contributed by atoms with Gasteiger partial charge in [-0.15, -0.1) is 0 Å². The van der Waals surface area contributed by atoms with Crippen LogP contribution in [0.1, 0.15) is 30.7 Å². The second kappa shape index (κ2) is 10.6. The van der Waals surface area contributed by atoms with E-state index in [4.69, 9.17) is 19.1 Å². The lowest BCUT2D eigenvalue weighted by Crippen LogP contribution is -2.47. The number of halogens is 3. The van der Waals surface area contributed by atoms with Gasteiger partial charge in [-0.3, -0.25) is 14.7 Å². The second-order valence-corrected chi connectivity index (χ2v) is 7.49. The molecule has 2 fully saturated rings. The number of likely N-dealkylation sites (tertiary alicyclic amines) is 1. The van der Waals surface area contributed by atoms with Crippen LogP contribution < -0.4 is 5.32 Å². The Labute approximate surface area is 182 Å². The van der Waals surface area contributed by atoms with E-state index in [9.17, 15) is 18.0 Å². The van der Waals surface area contributed by atoms with E-state index in [1.54, 1.807) is 6.26 Å². The van der Waals surface area contributed by atoms with Gasteiger partial charge in [-0.1, -0.05) is 6.07 Å². The normalized spacial score (nSPS) is 23.0. The predicted molar refractivity (Wildman–Crippen MR) is 105 cm³/mol. The van der Waals surface area contributed by atoms with E-state index in [1.165, 1.54) is 0 Å². The minimum atomic E-state index is -5.08. The number of carboxylic acid groups (broad SMARTS) is 1. The Morgan fingerprint density at radius 1 is 1.19 bits per heavy atom. The van der Waals surface area contributed by atoms with Gasteiger partial charge in [-0.25, -0.2) is 4.79 Å². The second-order valence-electron chi connectivity index (χ2n) is 7.49. The summed E-state index contributed by atoms with van der Waals surface area (Å²) in [7, 11) is 0. The molecular weight excluding hydrogens is 431 g/mol. The number of nitrogens with zero attached hydrogens (tertiary/aromatic N) is 2. The summed E-state index contributed by atoms with van der Waals surface area (Å²) in [6, 6.07) is 10.1. The molecule has 2 aromatic rings. The van der Waals surface area contributed by atoms with Crippen molar-refractivity contribution in [2.75, 3.05) is 6.54 Å². The molecule has 174 valence electrons. The number of amides is 1. The van der Waals surface area contributed by atoms with Crippen molar-refractivity contribution in [3.8, 4) is 0 Å². The third-order valence-electron chi connectivity index (χ3n) is 5.31. The molecular formula is C21H24F3N3O5. The van der Waals surface area contributed by atoms with Crippen molar-refractivity contribution >= 4 is 11.9 Å². The van der Waals surface area contributed by atoms with Crippen LogP contribution in [0.15, 0.2) is 47.2 Å². The molecule has 2 aromatic heterocycles. The number of hydrogen-bond donors (Lipinski definition) is 2. The van der Waals surface area contributed by atoms with Gasteiger partial charge in [-0.2, -0.15) is 13.2 Å². The lowest BCUT2D eigenvalue weighted by Gasteiger charge is -2.35. The van der Waals surface area contributed by atoms with Gasteiger partial charge in [0.15, 0.2) is 0 Å². The van der Waals surface area contributed by atoms with Crippen LogP contribution in [0.5, 0.6) is 0 Å². The van der Waals surface area contributed by atoms with Crippen LogP contribution in [-0.4, -0.2) is 57.8 Å². The first-order valence-corrected chi connectivity index (χ1v) is 10.1. The van der Waals surface area contributed by atoms with Crippen molar-refractivity contribution in [2.24, 2.45) is 0 Å². The van der Waals surface area contributed by atoms with Crippen molar-refractivity contribution in [3.63, 3.8) is 0 Å². The third-order valence-corrected chi connectivity index (χ3v) is 5.31. The molecule has 0 unspecified atom stereocenters. The van der Waals surface area contributed by atoms with Crippen molar-refractivity contribution in [1.29, 1.82) is 0 Å². The number of ether oxygens (including phenoxy) is 1. The summed E-state index contributed by atoms with van der Waals surface area (Å²) in [4.78, 5) is 28.1. The Kier molecular flexibility index (Phi) is 7.86. The molecule has 0 radical (unpaired) electrons. The van der Waals surface area contributed by atoms with Crippen LogP contribution in [0.2, 0.25) is 0 Å². The summed E-state index contributed by atoms with van der Waals surface area (Å²) in [5.41, 5.74) is 1.08. The Hall–Kier alpha value is -2.92. The molecule has 11 heteroatoms. The van der Waals surface area contributed by atoms with Crippen LogP contribution in [-0.2, 0) is 27.4 Å². The number of carboxylic acids is 1. The molecule has 3 atom stereocenters. The van der Waals surface area contributed by atoms with Crippen molar-refractivity contribution in [1.82, 2.24) is 15.2 Å². The Balaban J connectivity index is 0.000000360. The maximum absolute atomic E-state index is 12.4. The minimum absolute atomic E-state index is 0.0435. The Morgan fingerprint density at radius 3 is 2.59 bits per heavy atom. The standard InChI is InChI=1S/C19H23N3O3.C2HF3O2/c23-19(21-12-15-5-3-11-24-15)18-7-6-16-17(25-18)8-10-22(16)13-14-4-1-2-9-20-14;3-2(4,5)1(6)7/h1-5,9,11,16-18H,6-8,10,12-13H2,(H,21,23);(H,6,7)/t16-,17-,18+;/m1./s1. The summed E-state index contributed by atoms with van der Waals surface area (Å²) < 4.78 is 43.1. The maximum atomic E-state index is 12.4. The molecule has 2 aliphatic heterocycles. The average molecular weight is 455 g/mol. The lowest BCUT2D eigenvalue weighted by atomic mass is 9.98. The fraction of sp³-hybridized carbons (Fsp3) is 0.476. The van der Waals surface area contributed by atoms with Crippen LogP contribution in [0.4, 0.5) is 13.2 Å². The number of hydrogen-bond acceptors (Lipinski definition) is 6. The quantitative estimate of drug-likeness (QED) is 0.714. The number of carbonyl (C=O) groups excluding carboxylic acids is 1. The van der Waals surface area contributed by atoms with Gasteiger partial charge >= 0.3 is 12.1 Å². The molecule has 2 aliphatic rings. The fourth-order valence-electron chi connectivity index (χ4n) is 3.80. The molecule has 4 rings (SSSR count). The van der Waals surface area contributed by atoms with Gasteiger partial charge in [0.2, 0.25) is 5.91 Å². The lowest BCUT2D eigenvalue weighted by molar-refractivity contribution is -0.192. The third kappa shape index (κ3) is 6.54. The summed E-state index contributed by atoms with van der Waals surface area (Å²) in [6.07, 6.45) is 0.847. The summed E-state index contributed by atoms with van der Waals surface area (Å²) in [6.45, 7) is 2.25. The molecule has 32 heavy (non-hydrogen) atoms. The highest BCUT2D eigenvalue weighted by molar-refractivity contribution is 5.80. The molecule has 4 heterocycles. The Morgan fingerprint density at radius 2 is 1.97 bits per heavy atom. The largest absolute Gasteiger partial charge is 0.490 e. The molecule has 0 aromatic carbocycles. The maximum Gasteiger partial charge on any atom is 0.490 e. The zero-order chi connectivity index (χ0) is 23.1. The number of carbonyl (C=O) groups is 2. The number of fused-ring (bicyclic) bond motifs is 1. The first kappa shape index (κ1) is 23.7. The molecule has 0 saturated carbocycles. The molecule has 0 spiro atoms. The topological polar surface area (TPSA) is 105 Å². The molecule has 0 bridgehead atoms. The number of furan rings is 1. The molecule has 2 N–H and O–H groups in total. The zero-order valence-corrected chi connectivity index (χ0v) is 17.1. The van der Waals surface area contributed by atoms with E-state index < -0.39 is 12.1 Å². The Bertz CT molecular complexity index is 877. The van der Waals surface area contributed by atoms with E-state index in [0.717, 1.165) is 43.8 Å². The summed E-state index contributed by atoms with van der Waals surface area (Å²) in [5, 5.41) is 10.0. The molecule has 8 nitrogen and oxygen atoms in total. The van der Waals surface area contributed by atoms with E-state index in [0.29, 0.717) is 12.6 Å². The van der Waals surface area contributed by atoms with Crippen LogP contribution >= 0.6 is 0 Å². The van der Waals surface area contributed by atoms with Gasteiger partial charge in [-0.05, 0) is 43.5 Å². The number of alkyl halides is 3. The van der Waals surface area contributed by atoms with Gasteiger partial charge < -0.3 is 19.6 Å². The van der Waals surface area contributed by atoms with Gasteiger partial charge in [0.25, 0.3) is 0 Å². The monoisotopic (exact) mass is 455 g/mol. The number of aromatic nitrogens is 1. The van der Waals surface area contributed by atoms with E-state index in [-0.39, 0.29) is 18.1 Å². The number of nitrogens with one attached hydrogen (secondary N) is 1. The van der Waals surface area contributed by atoms with Crippen molar-refractivity contribution in [2.45, 2.75) is 56.8 Å². The minimum Gasteiger partial charge on any atom is -0.475 e. The zero-order valence-electron chi connectivity index (χ0n) is 17.1. The molecule has 0 aliphatic carbocycles. The highest BCUT2D eigenvalue weighted by Gasteiger charge is 2.41. The number of aliphatic carboxylic acids is 1.